The Labute approximate surface area is 481 Å². The van der Waals surface area contributed by atoms with Gasteiger partial charge in [0.25, 0.3) is 16.6 Å². The number of aldehydes is 1. The molecule has 0 spiro atoms. The second-order valence-electron chi connectivity index (χ2n) is 23.9. The summed E-state index contributed by atoms with van der Waals surface area (Å²) >= 11 is 0. The normalized spacial score (nSPS) is 13.4. The van der Waals surface area contributed by atoms with Crippen molar-refractivity contribution in [2.24, 2.45) is 0 Å². The maximum absolute atomic E-state index is 10.3. The van der Waals surface area contributed by atoms with Crippen molar-refractivity contribution in [1.29, 1.82) is 0 Å². The first-order valence-corrected chi connectivity index (χ1v) is 34.9. The van der Waals surface area contributed by atoms with Gasteiger partial charge < -0.3 is 18.8 Å². The molecule has 0 bridgehead atoms. The summed E-state index contributed by atoms with van der Waals surface area (Å²) in [6.45, 7) is 19.0. The quantitative estimate of drug-likeness (QED) is 0.0209. The summed E-state index contributed by atoms with van der Waals surface area (Å²) in [4.78, 5) is 10.3. The highest BCUT2D eigenvalue weighted by atomic mass is 28.4. The number of rotatable bonds is 40. The molecular weight excluding hydrogens is 985 g/mol. The van der Waals surface area contributed by atoms with Gasteiger partial charge in [0.15, 0.2) is 0 Å². The van der Waals surface area contributed by atoms with Crippen LogP contribution in [0.15, 0.2) is 170 Å². The van der Waals surface area contributed by atoms with Crippen LogP contribution < -0.4 is 20.7 Å². The van der Waals surface area contributed by atoms with Crippen molar-refractivity contribution >= 4 is 43.7 Å². The van der Waals surface area contributed by atoms with Crippen LogP contribution in [0.3, 0.4) is 0 Å². The predicted octanol–water partition coefficient (Wildman–Crippen LogP) is 18.5. The minimum atomic E-state index is -2.46. The van der Waals surface area contributed by atoms with Gasteiger partial charge in [-0.1, -0.05) is 250 Å². The Morgan fingerprint density at radius 3 is 0.859 bits per heavy atom. The highest BCUT2D eigenvalue weighted by Gasteiger charge is 2.52. The highest BCUT2D eigenvalue weighted by molar-refractivity contribution is 7.00. The first kappa shape index (κ1) is 68.1. The summed E-state index contributed by atoms with van der Waals surface area (Å²) in [5.41, 5.74) is 0. The fourth-order valence-corrected chi connectivity index (χ4v) is 20.4. The van der Waals surface area contributed by atoms with Gasteiger partial charge in [0, 0.05) is 25.2 Å². The molecule has 78 heavy (non-hydrogen) atoms. The summed E-state index contributed by atoms with van der Waals surface area (Å²) in [6.07, 6.45) is 50.8. The van der Waals surface area contributed by atoms with Gasteiger partial charge in [0.2, 0.25) is 0 Å². The molecule has 0 aliphatic carbocycles. The van der Waals surface area contributed by atoms with Crippen molar-refractivity contribution < 1.29 is 18.8 Å². The van der Waals surface area contributed by atoms with Crippen LogP contribution in [-0.2, 0) is 13.6 Å². The van der Waals surface area contributed by atoms with Crippen molar-refractivity contribution in [2.45, 2.75) is 245 Å². The van der Waals surface area contributed by atoms with Crippen molar-refractivity contribution in [2.75, 3.05) is 6.61 Å². The van der Waals surface area contributed by atoms with Gasteiger partial charge in [0.1, 0.15) is 6.29 Å². The van der Waals surface area contributed by atoms with E-state index in [4.69, 9.17) is 14.0 Å². The Kier molecular flexibility index (Phi) is 35.7. The first-order chi connectivity index (χ1) is 37.8. The highest BCUT2D eigenvalue weighted by Crippen LogP contribution is 2.39. The molecule has 0 aromatic heterocycles. The molecule has 2 atom stereocenters. The average Bonchev–Trinajstić information content (AvgIpc) is 3.45. The van der Waals surface area contributed by atoms with E-state index in [1.54, 1.807) is 0 Å². The number of unbranched alkanes of at least 4 members (excludes halogenated alkanes) is 18. The summed E-state index contributed by atoms with van der Waals surface area (Å²) in [7, 11) is -4.91. The van der Waals surface area contributed by atoms with Crippen molar-refractivity contribution in [3.63, 3.8) is 0 Å². The number of hydrogen-bond acceptors (Lipinski definition) is 4. The zero-order valence-electron chi connectivity index (χ0n) is 50.7. The third-order valence-electron chi connectivity index (χ3n) is 15.2. The van der Waals surface area contributed by atoms with Gasteiger partial charge in [-0.05, 0) is 167 Å². The molecule has 4 rings (SSSR count). The number of carbonyl (C=O) groups excluding carboxylic acids is 1. The lowest BCUT2D eigenvalue weighted by atomic mass is 10.1. The van der Waals surface area contributed by atoms with Crippen molar-refractivity contribution in [3.8, 4) is 0 Å². The van der Waals surface area contributed by atoms with E-state index in [0.717, 1.165) is 64.1 Å². The molecule has 0 saturated carbocycles. The van der Waals surface area contributed by atoms with Gasteiger partial charge in [0.05, 0.1) is 0 Å². The van der Waals surface area contributed by atoms with Crippen LogP contribution in [0.4, 0.5) is 0 Å². The van der Waals surface area contributed by atoms with Gasteiger partial charge in [-0.15, -0.1) is 0 Å². The predicted molar refractivity (Wildman–Crippen MR) is 346 cm³/mol. The maximum Gasteiger partial charge on any atom is 0.261 e. The zero-order valence-corrected chi connectivity index (χ0v) is 52.7. The van der Waals surface area contributed by atoms with E-state index < -0.39 is 16.6 Å². The second-order valence-corrected chi connectivity index (χ2v) is 32.4. The van der Waals surface area contributed by atoms with E-state index >= 15 is 0 Å². The summed E-state index contributed by atoms with van der Waals surface area (Å²) in [5, 5.41) is 14.3. The Bertz CT molecular complexity index is 2090. The minimum absolute atomic E-state index is 0.0260. The zero-order chi connectivity index (χ0) is 56.5. The number of aliphatic hydroxyl groups excluding tert-OH is 1. The second kappa shape index (κ2) is 40.9. The van der Waals surface area contributed by atoms with Crippen LogP contribution in [0.25, 0.3) is 0 Å². The van der Waals surface area contributed by atoms with Crippen LogP contribution in [0.2, 0.25) is 10.1 Å². The molecule has 0 aliphatic rings. The monoisotopic (exact) mass is 1090 g/mol. The van der Waals surface area contributed by atoms with Crippen molar-refractivity contribution in [1.82, 2.24) is 0 Å². The van der Waals surface area contributed by atoms with Crippen molar-refractivity contribution in [3.05, 3.63) is 170 Å². The molecule has 6 heteroatoms. The lowest BCUT2D eigenvalue weighted by Gasteiger charge is -2.44. The molecule has 4 nitrogen and oxygen atoms in total. The molecule has 0 radical (unpaired) electrons. The van der Waals surface area contributed by atoms with Crippen LogP contribution in [0, 0.1) is 0 Å². The molecule has 2 unspecified atom stereocenters. The Morgan fingerprint density at radius 2 is 0.603 bits per heavy atom. The molecule has 4 aromatic carbocycles. The van der Waals surface area contributed by atoms with E-state index in [1.807, 2.05) is 0 Å². The van der Waals surface area contributed by atoms with E-state index in [0.29, 0.717) is 13.0 Å². The molecule has 430 valence electrons. The maximum atomic E-state index is 10.3. The van der Waals surface area contributed by atoms with Gasteiger partial charge in [-0.2, -0.15) is 0 Å². The molecule has 0 saturated heterocycles. The third kappa shape index (κ3) is 26.0. The fraction of sp³-hybridized carbons (Fsp3) is 0.542. The molecule has 0 heterocycles. The Balaban J connectivity index is 0.000000410. The van der Waals surface area contributed by atoms with Crippen LogP contribution >= 0.6 is 0 Å². The third-order valence-corrected chi connectivity index (χ3v) is 25.5. The molecular formula is C72H110O4Si2. The number of carbonyl (C=O) groups is 1. The SMILES string of the molecule is CC(CCC/C=C\CCCCCCC/C=C\CCCC=O)O[Si](c1ccccc1)(c1ccccc1)C(C)(C)C.CC(CCC/C=C\CCCCCCC/C=C\CCCCO)O[Si](c1ccccc1)(c1ccccc1)C(C)(C)C. The van der Waals surface area contributed by atoms with Crippen LogP contribution in [0.1, 0.15) is 222 Å². The van der Waals surface area contributed by atoms with E-state index in [9.17, 15) is 4.79 Å². The van der Waals surface area contributed by atoms with E-state index in [1.165, 1.54) is 123 Å². The van der Waals surface area contributed by atoms with E-state index in [-0.39, 0.29) is 22.3 Å². The van der Waals surface area contributed by atoms with E-state index in [2.05, 4.69) is 225 Å². The summed E-state index contributed by atoms with van der Waals surface area (Å²) in [6, 6.07) is 43.9. The van der Waals surface area contributed by atoms with Gasteiger partial charge in [-0.25, -0.2) is 0 Å². The minimum Gasteiger partial charge on any atom is -0.405 e. The molecule has 0 amide bonds. The lowest BCUT2D eigenvalue weighted by molar-refractivity contribution is -0.107. The molecule has 0 aliphatic heterocycles. The van der Waals surface area contributed by atoms with Gasteiger partial charge >= 0.3 is 0 Å². The summed E-state index contributed by atoms with van der Waals surface area (Å²) in [5.74, 6) is 0. The Morgan fingerprint density at radius 1 is 0.359 bits per heavy atom. The van der Waals surface area contributed by atoms with Crippen LogP contribution in [0.5, 0.6) is 0 Å². The first-order valence-electron chi connectivity index (χ1n) is 31.1. The van der Waals surface area contributed by atoms with Gasteiger partial charge in [-0.3, -0.25) is 0 Å². The fourth-order valence-electron chi connectivity index (χ4n) is 10.9. The topological polar surface area (TPSA) is 55.8 Å². The Hall–Kier alpha value is -4.18. The standard InChI is InChI=1S/C36H56O2Si.C36H54O2Si/c2*1-33(27-21-17-15-13-11-9-7-5-6-8-10-12-14-16-18-26-32-37)38-39(36(2,3)4,34-28-22-19-23-29-34)35-30-24-20-25-31-35/h12-15,19-20,22-25,28-31,33,37H,5-11,16-18,21,26-27,32H2,1-4H3;12-15,19-20,22-25,28-33H,5-11,16-18,21,26-27H2,1-4H3/b2*14-12-,15-13-. The smallest absolute Gasteiger partial charge is 0.261 e. The molecule has 4 aromatic rings. The number of benzene rings is 4. The molecule has 1 N–H and O–H groups in total. The summed E-state index contributed by atoms with van der Waals surface area (Å²) < 4.78 is 14.4. The average molecular weight is 1100 g/mol. The lowest BCUT2D eigenvalue weighted by Crippen LogP contribution is -2.67. The number of allylic oxidation sites excluding steroid dienone is 8. The largest absolute Gasteiger partial charge is 0.405 e. The van der Waals surface area contributed by atoms with Crippen LogP contribution in [-0.4, -0.2) is 46.8 Å². The number of aliphatic hydroxyl groups is 1. The number of hydrogen-bond donors (Lipinski definition) is 1. The molecule has 0 fully saturated rings.